The van der Waals surface area contributed by atoms with Gasteiger partial charge in [0.05, 0.1) is 12.0 Å². The van der Waals surface area contributed by atoms with Crippen molar-refractivity contribution >= 4 is 5.91 Å². The van der Waals surface area contributed by atoms with E-state index in [9.17, 15) is 14.7 Å². The minimum Gasteiger partial charge on any atom is -0.390 e. The third-order valence-electron chi connectivity index (χ3n) is 3.97. The Labute approximate surface area is 117 Å². The molecule has 1 saturated heterocycles. The second-order valence-corrected chi connectivity index (χ2v) is 5.79. The highest BCUT2D eigenvalue weighted by atomic mass is 16.3. The number of H-pyrrole nitrogens is 1. The van der Waals surface area contributed by atoms with E-state index in [4.69, 9.17) is 0 Å². The van der Waals surface area contributed by atoms with Crippen LogP contribution in [0, 0.1) is 13.8 Å². The van der Waals surface area contributed by atoms with Gasteiger partial charge in [0.1, 0.15) is 0 Å². The topological polar surface area (TPSA) is 86.3 Å². The fraction of sp³-hybridized carbons (Fsp3) is 0.643. The number of likely N-dealkylation sites (tertiary alicyclic amines) is 1. The lowest BCUT2D eigenvalue weighted by molar-refractivity contribution is -0.134. The van der Waals surface area contributed by atoms with Gasteiger partial charge in [-0.3, -0.25) is 4.79 Å². The Morgan fingerprint density at radius 2 is 2.00 bits per heavy atom. The molecule has 0 spiro atoms. The fourth-order valence-corrected chi connectivity index (χ4v) is 2.52. The second kappa shape index (κ2) is 5.36. The van der Waals surface area contributed by atoms with Crippen LogP contribution in [-0.4, -0.2) is 44.6 Å². The Hall–Kier alpha value is -1.69. The summed E-state index contributed by atoms with van der Waals surface area (Å²) in [6, 6.07) is 0. The molecule has 20 heavy (non-hydrogen) atoms. The Morgan fingerprint density at radius 3 is 2.55 bits per heavy atom. The number of nitrogens with zero attached hydrogens (tertiary/aromatic N) is 2. The number of aromatic nitrogens is 2. The molecule has 1 aromatic rings. The summed E-state index contributed by atoms with van der Waals surface area (Å²) in [5.74, 6) is 0.0144. The van der Waals surface area contributed by atoms with Crippen LogP contribution in [0.3, 0.4) is 0 Å². The first-order chi connectivity index (χ1) is 9.28. The van der Waals surface area contributed by atoms with Crippen molar-refractivity contribution in [2.24, 2.45) is 0 Å². The molecule has 0 atom stereocenters. The lowest BCUT2D eigenvalue weighted by atomic mass is 9.93. The maximum atomic E-state index is 12.3. The average Bonchev–Trinajstić information content (AvgIpc) is 2.33. The van der Waals surface area contributed by atoms with Crippen molar-refractivity contribution in [1.29, 1.82) is 0 Å². The zero-order valence-corrected chi connectivity index (χ0v) is 12.2. The van der Waals surface area contributed by atoms with E-state index in [1.165, 1.54) is 0 Å². The maximum Gasteiger partial charge on any atom is 0.345 e. The molecule has 2 N–H and O–H groups in total. The summed E-state index contributed by atoms with van der Waals surface area (Å²) >= 11 is 0. The van der Waals surface area contributed by atoms with E-state index in [1.807, 2.05) is 0 Å². The van der Waals surface area contributed by atoms with Gasteiger partial charge in [0, 0.05) is 30.0 Å². The van der Waals surface area contributed by atoms with Gasteiger partial charge < -0.3 is 15.0 Å². The smallest absolute Gasteiger partial charge is 0.345 e. The lowest BCUT2D eigenvalue weighted by Gasteiger charge is -2.36. The van der Waals surface area contributed by atoms with Crippen molar-refractivity contribution in [2.45, 2.75) is 45.6 Å². The van der Waals surface area contributed by atoms with Crippen molar-refractivity contribution < 1.29 is 9.90 Å². The van der Waals surface area contributed by atoms with Crippen molar-refractivity contribution in [3.8, 4) is 0 Å². The van der Waals surface area contributed by atoms with E-state index >= 15 is 0 Å². The van der Waals surface area contributed by atoms with Gasteiger partial charge in [0.15, 0.2) is 0 Å². The highest BCUT2D eigenvalue weighted by Crippen LogP contribution is 2.22. The summed E-state index contributed by atoms with van der Waals surface area (Å²) in [6.07, 6.45) is 1.44. The van der Waals surface area contributed by atoms with Crippen LogP contribution in [0.25, 0.3) is 0 Å². The van der Waals surface area contributed by atoms with Gasteiger partial charge in [-0.25, -0.2) is 4.79 Å². The second-order valence-electron chi connectivity index (χ2n) is 5.79. The molecule has 0 aliphatic carbocycles. The number of rotatable bonds is 2. The first-order valence-corrected chi connectivity index (χ1v) is 6.85. The maximum absolute atomic E-state index is 12.3. The van der Waals surface area contributed by atoms with Crippen LogP contribution in [0.4, 0.5) is 0 Å². The van der Waals surface area contributed by atoms with Gasteiger partial charge in [-0.15, -0.1) is 0 Å². The summed E-state index contributed by atoms with van der Waals surface area (Å²) < 4.78 is 0. The minimum atomic E-state index is -0.665. The average molecular weight is 279 g/mol. The van der Waals surface area contributed by atoms with E-state index in [2.05, 4.69) is 9.97 Å². The molecule has 110 valence electrons. The predicted molar refractivity (Wildman–Crippen MR) is 74.5 cm³/mol. The highest BCUT2D eigenvalue weighted by molar-refractivity contribution is 5.79. The van der Waals surface area contributed by atoms with Crippen LogP contribution in [0.1, 0.15) is 36.7 Å². The predicted octanol–water partition coefficient (Wildman–Crippen LogP) is 0.303. The van der Waals surface area contributed by atoms with Gasteiger partial charge in [-0.05, 0) is 33.6 Å². The molecule has 0 aromatic carbocycles. The molecule has 1 fully saturated rings. The Balaban J connectivity index is 2.08. The Bertz CT molecular complexity index is 541. The van der Waals surface area contributed by atoms with E-state index < -0.39 is 5.60 Å². The quantitative estimate of drug-likeness (QED) is 0.815. The molecule has 1 aromatic heterocycles. The molecule has 0 bridgehead atoms. The third-order valence-corrected chi connectivity index (χ3v) is 3.97. The van der Waals surface area contributed by atoms with E-state index in [0.717, 1.165) is 5.56 Å². The number of carbonyl (C=O) groups is 1. The number of piperidine rings is 1. The molecular weight excluding hydrogens is 258 g/mol. The zero-order chi connectivity index (χ0) is 14.9. The summed E-state index contributed by atoms with van der Waals surface area (Å²) in [5.41, 5.74) is 1.03. The van der Waals surface area contributed by atoms with E-state index in [1.54, 1.807) is 25.7 Å². The number of carbonyl (C=O) groups excluding carboxylic acids is 1. The molecule has 1 aliphatic heterocycles. The molecule has 0 unspecified atom stereocenters. The van der Waals surface area contributed by atoms with Crippen molar-refractivity contribution in [1.82, 2.24) is 14.9 Å². The van der Waals surface area contributed by atoms with Crippen LogP contribution in [0.2, 0.25) is 0 Å². The molecule has 6 nitrogen and oxygen atoms in total. The van der Waals surface area contributed by atoms with Crippen LogP contribution in [-0.2, 0) is 11.2 Å². The van der Waals surface area contributed by atoms with Gasteiger partial charge in [-0.1, -0.05) is 0 Å². The molecule has 2 heterocycles. The first-order valence-electron chi connectivity index (χ1n) is 6.85. The largest absolute Gasteiger partial charge is 0.390 e. The number of aryl methyl sites for hydroxylation is 2. The van der Waals surface area contributed by atoms with E-state index in [0.29, 0.717) is 37.3 Å². The van der Waals surface area contributed by atoms with Crippen LogP contribution in [0.5, 0.6) is 0 Å². The van der Waals surface area contributed by atoms with Crippen molar-refractivity contribution in [2.75, 3.05) is 13.1 Å². The van der Waals surface area contributed by atoms with Crippen molar-refractivity contribution in [3.63, 3.8) is 0 Å². The number of hydrogen-bond acceptors (Lipinski definition) is 4. The number of hydrogen-bond donors (Lipinski definition) is 2. The summed E-state index contributed by atoms with van der Waals surface area (Å²) in [4.78, 5) is 31.7. The first kappa shape index (κ1) is 14.7. The summed E-state index contributed by atoms with van der Waals surface area (Å²) in [6.45, 7) is 6.46. The molecule has 6 heteroatoms. The Morgan fingerprint density at radius 1 is 1.40 bits per heavy atom. The minimum absolute atomic E-state index is 0.0144. The Kier molecular flexibility index (Phi) is 3.94. The van der Waals surface area contributed by atoms with Gasteiger partial charge in [0.25, 0.3) is 0 Å². The van der Waals surface area contributed by atoms with Gasteiger partial charge in [0.2, 0.25) is 5.91 Å². The van der Waals surface area contributed by atoms with Gasteiger partial charge >= 0.3 is 5.69 Å². The molecule has 1 amide bonds. The van der Waals surface area contributed by atoms with Gasteiger partial charge in [-0.2, -0.15) is 4.98 Å². The number of amides is 1. The molecule has 2 rings (SSSR count). The van der Waals surface area contributed by atoms with Crippen LogP contribution < -0.4 is 5.69 Å². The monoisotopic (exact) mass is 279 g/mol. The molecule has 1 aliphatic rings. The number of nitrogens with one attached hydrogen (secondary N) is 1. The highest BCUT2D eigenvalue weighted by Gasteiger charge is 2.29. The van der Waals surface area contributed by atoms with Crippen molar-refractivity contribution in [3.05, 3.63) is 27.4 Å². The zero-order valence-electron chi connectivity index (χ0n) is 12.2. The molecule has 0 radical (unpaired) electrons. The van der Waals surface area contributed by atoms with E-state index in [-0.39, 0.29) is 18.0 Å². The normalized spacial score (nSPS) is 18.1. The molecule has 0 saturated carbocycles. The number of aliphatic hydroxyl groups is 1. The van der Waals surface area contributed by atoms with Crippen LogP contribution >= 0.6 is 0 Å². The SMILES string of the molecule is Cc1nc(=O)[nH]c(C)c1CC(=O)N1CCC(C)(O)CC1. The third kappa shape index (κ3) is 3.25. The molecular formula is C14H21N3O3. The number of aromatic amines is 1. The summed E-state index contributed by atoms with van der Waals surface area (Å²) in [7, 11) is 0. The fourth-order valence-electron chi connectivity index (χ4n) is 2.52. The lowest BCUT2D eigenvalue weighted by Crippen LogP contribution is -2.45. The standard InChI is InChI=1S/C14H21N3O3/c1-9-11(10(2)16-13(19)15-9)8-12(18)17-6-4-14(3,20)5-7-17/h20H,4-8H2,1-3H3,(H,15,16,19). The summed E-state index contributed by atoms with van der Waals surface area (Å²) in [5, 5.41) is 9.89. The van der Waals surface area contributed by atoms with Crippen LogP contribution in [0.15, 0.2) is 4.79 Å².